The first-order valence-electron chi connectivity index (χ1n) is 10.3. The fraction of sp³-hybridized carbons (Fsp3) is 0.900. The Morgan fingerprint density at radius 1 is 1.04 bits per heavy atom. The van der Waals surface area contributed by atoms with Crippen molar-refractivity contribution in [2.45, 2.75) is 76.3 Å². The molecule has 3 amide bonds. The number of piperidine rings is 1. The topological polar surface area (TPSA) is 52.7 Å². The van der Waals surface area contributed by atoms with Crippen molar-refractivity contribution in [3.05, 3.63) is 0 Å². The van der Waals surface area contributed by atoms with E-state index in [2.05, 4.69) is 5.32 Å². The second-order valence-corrected chi connectivity index (χ2v) is 9.20. The van der Waals surface area contributed by atoms with Crippen LogP contribution in [0.1, 0.15) is 64.7 Å². The highest BCUT2D eigenvalue weighted by molar-refractivity contribution is 5.76. The molecule has 0 unspecified atom stereocenters. The molecule has 0 radical (unpaired) electrons. The molecule has 0 aromatic rings. The summed E-state index contributed by atoms with van der Waals surface area (Å²) in [6.45, 7) is 3.48. The van der Waals surface area contributed by atoms with Crippen LogP contribution in [-0.2, 0) is 4.79 Å². The Morgan fingerprint density at radius 2 is 1.56 bits per heavy atom. The van der Waals surface area contributed by atoms with Gasteiger partial charge in [-0.25, -0.2) is 4.79 Å². The highest BCUT2D eigenvalue weighted by Crippen LogP contribution is 2.55. The number of nitrogens with zero attached hydrogens (tertiary/aromatic N) is 2. The minimum absolute atomic E-state index is 0.0823. The molecular weight excluding hydrogens is 314 g/mol. The lowest BCUT2D eigenvalue weighted by Crippen LogP contribution is -2.62. The molecule has 5 fully saturated rings. The van der Waals surface area contributed by atoms with E-state index in [9.17, 15) is 9.59 Å². The van der Waals surface area contributed by atoms with Crippen LogP contribution < -0.4 is 5.32 Å². The Balaban J connectivity index is 1.33. The SMILES string of the molecule is CCC(=O)N1CCC(N(C)C(=O)NC23CC4CC(CC(C4)C2)C3)CC1. The zero-order valence-electron chi connectivity index (χ0n) is 15.8. The number of nitrogens with one attached hydrogen (secondary N) is 1. The Bertz CT molecular complexity index is 504. The molecule has 1 aliphatic heterocycles. The van der Waals surface area contributed by atoms with Gasteiger partial charge >= 0.3 is 6.03 Å². The van der Waals surface area contributed by atoms with Gasteiger partial charge in [-0.3, -0.25) is 4.79 Å². The first-order valence-corrected chi connectivity index (χ1v) is 10.3. The van der Waals surface area contributed by atoms with Gasteiger partial charge < -0.3 is 15.1 Å². The molecule has 5 nitrogen and oxygen atoms in total. The Morgan fingerprint density at radius 3 is 2.04 bits per heavy atom. The molecule has 4 bridgehead atoms. The largest absolute Gasteiger partial charge is 0.343 e. The summed E-state index contributed by atoms with van der Waals surface area (Å²) in [5.74, 6) is 2.78. The summed E-state index contributed by atoms with van der Waals surface area (Å²) in [4.78, 5) is 28.6. The van der Waals surface area contributed by atoms with E-state index in [-0.39, 0.29) is 23.5 Å². The van der Waals surface area contributed by atoms with Gasteiger partial charge in [-0.2, -0.15) is 0 Å². The Labute approximate surface area is 151 Å². The highest BCUT2D eigenvalue weighted by atomic mass is 16.2. The van der Waals surface area contributed by atoms with Gasteiger partial charge in [0.2, 0.25) is 5.91 Å². The van der Waals surface area contributed by atoms with E-state index in [0.29, 0.717) is 6.42 Å². The normalized spacial score (nSPS) is 37.2. The average molecular weight is 348 g/mol. The van der Waals surface area contributed by atoms with Crippen molar-refractivity contribution in [3.8, 4) is 0 Å². The van der Waals surface area contributed by atoms with Crippen molar-refractivity contribution < 1.29 is 9.59 Å². The molecule has 0 aromatic heterocycles. The van der Waals surface area contributed by atoms with E-state index < -0.39 is 0 Å². The molecule has 1 N–H and O–H groups in total. The first-order chi connectivity index (χ1) is 12.0. The molecule has 140 valence electrons. The summed E-state index contributed by atoms with van der Waals surface area (Å²) >= 11 is 0. The Kier molecular flexibility index (Phi) is 4.45. The van der Waals surface area contributed by atoms with Gasteiger partial charge in [-0.15, -0.1) is 0 Å². The summed E-state index contributed by atoms with van der Waals surface area (Å²) in [6, 6.07) is 0.372. The molecule has 1 saturated heterocycles. The van der Waals surface area contributed by atoms with Crippen molar-refractivity contribution >= 4 is 11.9 Å². The lowest BCUT2D eigenvalue weighted by Gasteiger charge is -2.57. The molecule has 5 aliphatic rings. The van der Waals surface area contributed by atoms with Crippen molar-refractivity contribution in [1.82, 2.24) is 15.1 Å². The van der Waals surface area contributed by atoms with Crippen molar-refractivity contribution in [2.24, 2.45) is 17.8 Å². The van der Waals surface area contributed by atoms with Gasteiger partial charge in [0.1, 0.15) is 0 Å². The van der Waals surface area contributed by atoms with Crippen LogP contribution in [-0.4, -0.2) is 53.5 Å². The highest BCUT2D eigenvalue weighted by Gasteiger charge is 2.51. The number of urea groups is 1. The predicted octanol–water partition coefficient (Wildman–Crippen LogP) is 3.00. The smallest absolute Gasteiger partial charge is 0.317 e. The van der Waals surface area contributed by atoms with Crippen LogP contribution in [0.2, 0.25) is 0 Å². The second-order valence-electron chi connectivity index (χ2n) is 9.20. The molecule has 1 heterocycles. The van der Waals surface area contributed by atoms with Gasteiger partial charge in [-0.05, 0) is 69.1 Å². The summed E-state index contributed by atoms with van der Waals surface area (Å²) in [5, 5.41) is 3.47. The molecule has 5 heteroatoms. The maximum absolute atomic E-state index is 12.9. The van der Waals surface area contributed by atoms with Crippen LogP contribution >= 0.6 is 0 Å². The van der Waals surface area contributed by atoms with E-state index in [4.69, 9.17) is 0 Å². The maximum atomic E-state index is 12.9. The van der Waals surface area contributed by atoms with E-state index in [1.165, 1.54) is 38.5 Å². The van der Waals surface area contributed by atoms with E-state index in [0.717, 1.165) is 43.7 Å². The third-order valence-corrected chi connectivity index (χ3v) is 7.40. The molecule has 4 saturated carbocycles. The number of amides is 3. The van der Waals surface area contributed by atoms with Gasteiger partial charge in [0.15, 0.2) is 0 Å². The number of carbonyl (C=O) groups excluding carboxylic acids is 2. The summed E-state index contributed by atoms with van der Waals surface area (Å²) in [7, 11) is 1.94. The van der Waals surface area contributed by atoms with Gasteiger partial charge in [0, 0.05) is 38.1 Å². The lowest BCUT2D eigenvalue weighted by molar-refractivity contribution is -0.132. The minimum atomic E-state index is 0.0823. The third-order valence-electron chi connectivity index (χ3n) is 7.40. The third kappa shape index (κ3) is 3.26. The molecule has 5 rings (SSSR count). The van der Waals surface area contributed by atoms with Crippen molar-refractivity contribution in [2.75, 3.05) is 20.1 Å². The van der Waals surface area contributed by atoms with Crippen LogP contribution in [0.4, 0.5) is 4.79 Å². The van der Waals surface area contributed by atoms with Crippen LogP contribution in [0, 0.1) is 17.8 Å². The van der Waals surface area contributed by atoms with Gasteiger partial charge in [0.25, 0.3) is 0 Å². The van der Waals surface area contributed by atoms with Crippen molar-refractivity contribution in [1.29, 1.82) is 0 Å². The summed E-state index contributed by atoms with van der Waals surface area (Å²) < 4.78 is 0. The maximum Gasteiger partial charge on any atom is 0.317 e. The minimum Gasteiger partial charge on any atom is -0.343 e. The fourth-order valence-electron chi connectivity index (χ4n) is 6.47. The number of hydrogen-bond acceptors (Lipinski definition) is 2. The standard InChI is InChI=1S/C20H33N3O2/c1-3-18(24)23-6-4-17(5-7-23)22(2)19(25)21-20-11-14-8-15(12-20)10-16(9-14)13-20/h14-17H,3-13H2,1-2H3,(H,21,25). The molecule has 0 spiro atoms. The molecular formula is C20H33N3O2. The zero-order valence-corrected chi connectivity index (χ0v) is 15.8. The van der Waals surface area contributed by atoms with E-state index in [1.54, 1.807) is 0 Å². The first kappa shape index (κ1) is 17.2. The predicted molar refractivity (Wildman–Crippen MR) is 97.1 cm³/mol. The van der Waals surface area contributed by atoms with Gasteiger partial charge in [-0.1, -0.05) is 6.92 Å². The monoisotopic (exact) mass is 347 g/mol. The molecule has 25 heavy (non-hydrogen) atoms. The zero-order chi connectivity index (χ0) is 17.6. The molecule has 0 aromatic carbocycles. The number of rotatable bonds is 3. The Hall–Kier alpha value is -1.26. The second kappa shape index (κ2) is 6.48. The van der Waals surface area contributed by atoms with Crippen LogP contribution in [0.25, 0.3) is 0 Å². The quantitative estimate of drug-likeness (QED) is 0.853. The van der Waals surface area contributed by atoms with Crippen LogP contribution in [0.15, 0.2) is 0 Å². The number of hydrogen-bond donors (Lipinski definition) is 1. The average Bonchev–Trinajstić information content (AvgIpc) is 2.59. The van der Waals surface area contributed by atoms with Crippen LogP contribution in [0.5, 0.6) is 0 Å². The molecule has 4 aliphatic carbocycles. The number of likely N-dealkylation sites (tertiary alicyclic amines) is 1. The molecule has 0 atom stereocenters. The van der Waals surface area contributed by atoms with Crippen molar-refractivity contribution in [3.63, 3.8) is 0 Å². The summed E-state index contributed by atoms with van der Waals surface area (Å²) in [6.07, 6.45) is 10.2. The van der Waals surface area contributed by atoms with Crippen LogP contribution in [0.3, 0.4) is 0 Å². The summed E-state index contributed by atoms with van der Waals surface area (Å²) in [5.41, 5.74) is 0.0823. The van der Waals surface area contributed by atoms with E-state index in [1.807, 2.05) is 23.8 Å². The lowest BCUT2D eigenvalue weighted by atomic mass is 9.53. The van der Waals surface area contributed by atoms with E-state index >= 15 is 0 Å². The van der Waals surface area contributed by atoms with Gasteiger partial charge in [0.05, 0.1) is 0 Å². The number of carbonyl (C=O) groups is 2. The fourth-order valence-corrected chi connectivity index (χ4v) is 6.47.